The summed E-state index contributed by atoms with van der Waals surface area (Å²) in [6.45, 7) is 0. The fourth-order valence-corrected chi connectivity index (χ4v) is 2.66. The second-order valence-corrected chi connectivity index (χ2v) is 5.01. The monoisotopic (exact) mass is 231 g/mol. The van der Waals surface area contributed by atoms with Crippen LogP contribution in [0.5, 0.6) is 0 Å². The zero-order chi connectivity index (χ0) is 12.1. The molecule has 0 heterocycles. The largest absolute Gasteiger partial charge is 0.327 e. The summed E-state index contributed by atoms with van der Waals surface area (Å²) in [6, 6.07) is 10.3. The maximum absolute atomic E-state index is 12.1. The summed E-state index contributed by atoms with van der Waals surface area (Å²) in [5.74, 6) is 0.480. The Balaban J connectivity index is 1.84. The van der Waals surface area contributed by atoms with Gasteiger partial charge < -0.3 is 5.73 Å². The Bertz CT molecular complexity index is 360. The van der Waals surface area contributed by atoms with Gasteiger partial charge in [-0.25, -0.2) is 0 Å². The first-order valence-electron chi connectivity index (χ1n) is 6.59. The molecular weight excluding hydrogens is 210 g/mol. The summed E-state index contributed by atoms with van der Waals surface area (Å²) >= 11 is 0. The summed E-state index contributed by atoms with van der Waals surface area (Å²) in [4.78, 5) is 12.1. The van der Waals surface area contributed by atoms with Gasteiger partial charge in [0, 0.05) is 18.4 Å². The number of hydrogen-bond acceptors (Lipinski definition) is 2. The highest BCUT2D eigenvalue weighted by Gasteiger charge is 2.27. The van der Waals surface area contributed by atoms with Crippen LogP contribution in [0.4, 0.5) is 0 Å². The molecule has 92 valence electrons. The molecule has 2 rings (SSSR count). The molecular formula is C15H21NO. The van der Waals surface area contributed by atoms with Gasteiger partial charge in [-0.1, -0.05) is 43.2 Å². The van der Waals surface area contributed by atoms with Crippen LogP contribution in [-0.2, 0) is 11.2 Å². The quantitative estimate of drug-likeness (QED) is 0.865. The Labute approximate surface area is 103 Å². The normalized spacial score (nSPS) is 24.5. The standard InChI is InChI=1S/C15H21NO/c16-14-9-5-4-8-13(14)15(17)11-10-12-6-2-1-3-7-12/h1-3,6-7,13-14H,4-5,8-11,16H2. The molecule has 0 aromatic heterocycles. The van der Waals surface area contributed by atoms with Gasteiger partial charge in [-0.3, -0.25) is 4.79 Å². The van der Waals surface area contributed by atoms with E-state index in [-0.39, 0.29) is 12.0 Å². The van der Waals surface area contributed by atoms with Gasteiger partial charge in [0.15, 0.2) is 0 Å². The predicted molar refractivity (Wildman–Crippen MR) is 69.7 cm³/mol. The lowest BCUT2D eigenvalue weighted by molar-refractivity contribution is -0.124. The van der Waals surface area contributed by atoms with E-state index >= 15 is 0 Å². The van der Waals surface area contributed by atoms with E-state index < -0.39 is 0 Å². The van der Waals surface area contributed by atoms with Crippen molar-refractivity contribution in [3.8, 4) is 0 Å². The second-order valence-electron chi connectivity index (χ2n) is 5.01. The fraction of sp³-hybridized carbons (Fsp3) is 0.533. The first kappa shape index (κ1) is 12.3. The number of carbonyl (C=O) groups excluding carboxylic acids is 1. The van der Waals surface area contributed by atoms with E-state index in [2.05, 4.69) is 12.1 Å². The molecule has 0 amide bonds. The van der Waals surface area contributed by atoms with Crippen LogP contribution in [0.1, 0.15) is 37.7 Å². The lowest BCUT2D eigenvalue weighted by Gasteiger charge is -2.27. The third-order valence-electron chi connectivity index (χ3n) is 3.74. The zero-order valence-corrected chi connectivity index (χ0v) is 10.3. The van der Waals surface area contributed by atoms with Crippen LogP contribution in [0.25, 0.3) is 0 Å². The lowest BCUT2D eigenvalue weighted by Crippen LogP contribution is -2.38. The van der Waals surface area contributed by atoms with Crippen LogP contribution in [0.3, 0.4) is 0 Å². The zero-order valence-electron chi connectivity index (χ0n) is 10.3. The van der Waals surface area contributed by atoms with Crippen LogP contribution >= 0.6 is 0 Å². The lowest BCUT2D eigenvalue weighted by atomic mass is 9.81. The Kier molecular flexibility index (Phi) is 4.32. The van der Waals surface area contributed by atoms with Gasteiger partial charge >= 0.3 is 0 Å². The minimum atomic E-state index is 0.104. The van der Waals surface area contributed by atoms with Gasteiger partial charge in [0.25, 0.3) is 0 Å². The molecule has 1 aromatic rings. The molecule has 1 fully saturated rings. The van der Waals surface area contributed by atoms with Crippen molar-refractivity contribution in [3.63, 3.8) is 0 Å². The summed E-state index contributed by atoms with van der Waals surface area (Å²) in [7, 11) is 0. The second kappa shape index (κ2) is 5.97. The molecule has 0 bridgehead atoms. The Morgan fingerprint density at radius 1 is 1.18 bits per heavy atom. The smallest absolute Gasteiger partial charge is 0.137 e. The number of benzene rings is 1. The molecule has 0 spiro atoms. The summed E-state index contributed by atoms with van der Waals surface area (Å²) in [6.07, 6.45) is 5.85. The average Bonchev–Trinajstić information content (AvgIpc) is 2.38. The van der Waals surface area contributed by atoms with E-state index in [0.29, 0.717) is 12.2 Å². The summed E-state index contributed by atoms with van der Waals surface area (Å²) in [5.41, 5.74) is 7.27. The van der Waals surface area contributed by atoms with Crippen LogP contribution in [0.15, 0.2) is 30.3 Å². The molecule has 2 nitrogen and oxygen atoms in total. The minimum Gasteiger partial charge on any atom is -0.327 e. The van der Waals surface area contributed by atoms with Gasteiger partial charge in [-0.15, -0.1) is 0 Å². The molecule has 1 aliphatic carbocycles. The highest BCUT2D eigenvalue weighted by Crippen LogP contribution is 2.25. The third kappa shape index (κ3) is 3.40. The van der Waals surface area contributed by atoms with Crippen molar-refractivity contribution >= 4 is 5.78 Å². The number of Topliss-reactive ketones (excluding diaryl/α,β-unsaturated/α-hetero) is 1. The van der Waals surface area contributed by atoms with E-state index in [1.54, 1.807) is 0 Å². The molecule has 1 saturated carbocycles. The van der Waals surface area contributed by atoms with E-state index in [9.17, 15) is 4.79 Å². The number of rotatable bonds is 4. The van der Waals surface area contributed by atoms with E-state index in [4.69, 9.17) is 5.73 Å². The molecule has 0 radical (unpaired) electrons. The molecule has 0 saturated heterocycles. The number of carbonyl (C=O) groups is 1. The molecule has 0 aliphatic heterocycles. The highest BCUT2D eigenvalue weighted by molar-refractivity contribution is 5.82. The number of aryl methyl sites for hydroxylation is 1. The maximum atomic E-state index is 12.1. The molecule has 1 aliphatic rings. The van der Waals surface area contributed by atoms with Gasteiger partial charge in [0.1, 0.15) is 5.78 Å². The van der Waals surface area contributed by atoms with Crippen LogP contribution in [0, 0.1) is 5.92 Å². The fourth-order valence-electron chi connectivity index (χ4n) is 2.66. The van der Waals surface area contributed by atoms with Gasteiger partial charge in [-0.2, -0.15) is 0 Å². The number of nitrogens with two attached hydrogens (primary N) is 1. The van der Waals surface area contributed by atoms with Crippen molar-refractivity contribution in [2.24, 2.45) is 11.7 Å². The molecule has 2 atom stereocenters. The average molecular weight is 231 g/mol. The SMILES string of the molecule is NC1CCCCC1C(=O)CCc1ccccc1. The number of hydrogen-bond donors (Lipinski definition) is 1. The molecule has 2 unspecified atom stereocenters. The maximum Gasteiger partial charge on any atom is 0.137 e. The van der Waals surface area contributed by atoms with E-state index in [1.807, 2.05) is 18.2 Å². The van der Waals surface area contributed by atoms with E-state index in [1.165, 1.54) is 12.0 Å². The van der Waals surface area contributed by atoms with Crippen LogP contribution in [-0.4, -0.2) is 11.8 Å². The first-order chi connectivity index (χ1) is 8.27. The Hall–Kier alpha value is -1.15. The van der Waals surface area contributed by atoms with Gasteiger partial charge in [0.2, 0.25) is 0 Å². The summed E-state index contributed by atoms with van der Waals surface area (Å²) in [5, 5.41) is 0. The van der Waals surface area contributed by atoms with Crippen LogP contribution < -0.4 is 5.73 Å². The summed E-state index contributed by atoms with van der Waals surface area (Å²) < 4.78 is 0. The first-order valence-corrected chi connectivity index (χ1v) is 6.59. The van der Waals surface area contributed by atoms with Crippen LogP contribution in [0.2, 0.25) is 0 Å². The number of ketones is 1. The van der Waals surface area contributed by atoms with Crippen molar-refractivity contribution in [3.05, 3.63) is 35.9 Å². The molecule has 17 heavy (non-hydrogen) atoms. The van der Waals surface area contributed by atoms with Crippen molar-refractivity contribution in [2.45, 2.75) is 44.6 Å². The Morgan fingerprint density at radius 3 is 2.59 bits per heavy atom. The highest BCUT2D eigenvalue weighted by atomic mass is 16.1. The predicted octanol–water partition coefficient (Wildman–Crippen LogP) is 2.71. The van der Waals surface area contributed by atoms with E-state index in [0.717, 1.165) is 25.7 Å². The molecule has 1 aromatic carbocycles. The van der Waals surface area contributed by atoms with Gasteiger partial charge in [0.05, 0.1) is 0 Å². The third-order valence-corrected chi connectivity index (χ3v) is 3.74. The van der Waals surface area contributed by atoms with Crippen molar-refractivity contribution in [1.29, 1.82) is 0 Å². The molecule has 2 heteroatoms. The van der Waals surface area contributed by atoms with Crippen molar-refractivity contribution in [2.75, 3.05) is 0 Å². The Morgan fingerprint density at radius 2 is 1.88 bits per heavy atom. The minimum absolute atomic E-state index is 0.104. The van der Waals surface area contributed by atoms with Crippen molar-refractivity contribution in [1.82, 2.24) is 0 Å². The van der Waals surface area contributed by atoms with Crippen molar-refractivity contribution < 1.29 is 4.79 Å². The van der Waals surface area contributed by atoms with Gasteiger partial charge in [-0.05, 0) is 24.8 Å². The molecule has 2 N–H and O–H groups in total. The topological polar surface area (TPSA) is 43.1 Å².